The Kier molecular flexibility index (Phi) is 6.11. The zero-order valence-corrected chi connectivity index (χ0v) is 15.5. The van der Waals surface area contributed by atoms with Crippen molar-refractivity contribution < 1.29 is 4.74 Å². The highest BCUT2D eigenvalue weighted by Gasteiger charge is 2.11. The van der Waals surface area contributed by atoms with Crippen molar-refractivity contribution in [1.29, 1.82) is 0 Å². The summed E-state index contributed by atoms with van der Waals surface area (Å²) in [7, 11) is 0. The number of benzene rings is 2. The Morgan fingerprint density at radius 3 is 2.48 bits per heavy atom. The molecule has 0 bridgehead atoms. The molecule has 0 aliphatic carbocycles. The molecule has 2 aromatic carbocycles. The number of nitrogens with two attached hydrogens (primary N) is 1. The van der Waals surface area contributed by atoms with Gasteiger partial charge in [-0.05, 0) is 54.8 Å². The maximum atomic E-state index is 6.18. The van der Waals surface area contributed by atoms with Gasteiger partial charge >= 0.3 is 0 Å². The monoisotopic (exact) mass is 431 g/mol. The van der Waals surface area contributed by atoms with Gasteiger partial charge in [-0.1, -0.05) is 50.4 Å². The van der Waals surface area contributed by atoms with Gasteiger partial charge in [0.2, 0.25) is 0 Å². The van der Waals surface area contributed by atoms with Gasteiger partial charge in [-0.3, -0.25) is 0 Å². The van der Waals surface area contributed by atoms with Crippen LogP contribution in [0.5, 0.6) is 11.5 Å². The molecule has 0 radical (unpaired) electrons. The van der Waals surface area contributed by atoms with E-state index in [0.29, 0.717) is 10.8 Å². The molecule has 0 fully saturated rings. The van der Waals surface area contributed by atoms with Crippen LogP contribution in [0.15, 0.2) is 45.3 Å². The quantitative estimate of drug-likeness (QED) is 0.634. The van der Waals surface area contributed by atoms with Gasteiger partial charge in [-0.2, -0.15) is 0 Å². The largest absolute Gasteiger partial charge is 0.455 e. The third-order valence-corrected chi connectivity index (χ3v) is 4.44. The van der Waals surface area contributed by atoms with Gasteiger partial charge < -0.3 is 10.5 Å². The predicted octanol–water partition coefficient (Wildman–Crippen LogP) is 5.94. The van der Waals surface area contributed by atoms with Gasteiger partial charge in [-0.15, -0.1) is 0 Å². The Hall–Kier alpha value is -0.550. The molecule has 1 unspecified atom stereocenters. The van der Waals surface area contributed by atoms with Crippen molar-refractivity contribution in [2.45, 2.75) is 25.8 Å². The molecule has 0 aliphatic rings. The molecule has 0 spiro atoms. The van der Waals surface area contributed by atoms with Gasteiger partial charge in [-0.25, -0.2) is 0 Å². The lowest BCUT2D eigenvalue weighted by Crippen LogP contribution is -2.21. The van der Waals surface area contributed by atoms with E-state index >= 15 is 0 Å². The zero-order valence-electron chi connectivity index (χ0n) is 11.6. The van der Waals surface area contributed by atoms with Crippen molar-refractivity contribution in [3.63, 3.8) is 0 Å². The average Bonchev–Trinajstić information content (AvgIpc) is 2.45. The van der Waals surface area contributed by atoms with Crippen molar-refractivity contribution >= 4 is 43.5 Å². The lowest BCUT2D eigenvalue weighted by atomic mass is 10.0. The van der Waals surface area contributed by atoms with Gasteiger partial charge in [0.1, 0.15) is 11.5 Å². The second-order valence-electron chi connectivity index (χ2n) is 4.80. The first-order chi connectivity index (χ1) is 9.99. The fourth-order valence-electron chi connectivity index (χ4n) is 1.91. The lowest BCUT2D eigenvalue weighted by Gasteiger charge is -2.15. The zero-order chi connectivity index (χ0) is 15.4. The second kappa shape index (κ2) is 7.63. The first-order valence-corrected chi connectivity index (χ1v) is 8.63. The molecule has 2 N–H and O–H groups in total. The smallest absolute Gasteiger partial charge is 0.147 e. The first-order valence-electron chi connectivity index (χ1n) is 6.66. The number of hydrogen-bond acceptors (Lipinski definition) is 2. The van der Waals surface area contributed by atoms with E-state index in [4.69, 9.17) is 22.1 Å². The molecule has 0 saturated heterocycles. The topological polar surface area (TPSA) is 35.2 Å². The third-order valence-electron chi connectivity index (χ3n) is 3.14. The molecule has 0 heterocycles. The van der Waals surface area contributed by atoms with Gasteiger partial charge in [0.05, 0.1) is 5.02 Å². The molecule has 1 atom stereocenters. The Morgan fingerprint density at radius 2 is 1.76 bits per heavy atom. The van der Waals surface area contributed by atoms with Gasteiger partial charge in [0, 0.05) is 15.0 Å². The normalized spacial score (nSPS) is 12.2. The predicted molar refractivity (Wildman–Crippen MR) is 95.3 cm³/mol. The minimum absolute atomic E-state index is 0.111. The molecule has 0 aliphatic heterocycles. The fraction of sp³-hybridized carbons (Fsp3) is 0.250. The van der Waals surface area contributed by atoms with Crippen molar-refractivity contribution in [2.24, 2.45) is 5.73 Å². The van der Waals surface area contributed by atoms with E-state index in [-0.39, 0.29) is 6.04 Å². The summed E-state index contributed by atoms with van der Waals surface area (Å²) in [6, 6.07) is 11.6. The number of ether oxygens (including phenoxy) is 1. The highest BCUT2D eigenvalue weighted by Crippen LogP contribution is 2.34. The molecule has 2 aromatic rings. The van der Waals surface area contributed by atoms with Crippen LogP contribution in [0.25, 0.3) is 0 Å². The van der Waals surface area contributed by atoms with Crippen LogP contribution in [0, 0.1) is 0 Å². The van der Waals surface area contributed by atoms with Crippen molar-refractivity contribution in [3.8, 4) is 11.5 Å². The van der Waals surface area contributed by atoms with E-state index in [0.717, 1.165) is 33.1 Å². The summed E-state index contributed by atoms with van der Waals surface area (Å²) < 4.78 is 7.91. The van der Waals surface area contributed by atoms with Crippen LogP contribution >= 0.6 is 43.5 Å². The van der Waals surface area contributed by atoms with E-state index in [1.165, 1.54) is 0 Å². The van der Waals surface area contributed by atoms with Crippen LogP contribution in [0.2, 0.25) is 5.02 Å². The van der Waals surface area contributed by atoms with Crippen LogP contribution in [-0.2, 0) is 6.42 Å². The summed E-state index contributed by atoms with van der Waals surface area (Å²) in [5.74, 6) is 1.40. The molecule has 112 valence electrons. The Labute approximate surface area is 146 Å². The van der Waals surface area contributed by atoms with E-state index in [9.17, 15) is 0 Å². The third kappa shape index (κ3) is 4.71. The minimum Gasteiger partial charge on any atom is -0.455 e. The van der Waals surface area contributed by atoms with E-state index in [1.54, 1.807) is 6.07 Å². The van der Waals surface area contributed by atoms with Crippen LogP contribution in [0.3, 0.4) is 0 Å². The number of rotatable bonds is 5. The molecular weight excluding hydrogens is 417 g/mol. The summed E-state index contributed by atoms with van der Waals surface area (Å²) in [5.41, 5.74) is 7.13. The molecule has 0 amide bonds. The Bertz CT molecular complexity index is 634. The van der Waals surface area contributed by atoms with E-state index in [1.807, 2.05) is 30.3 Å². The SMILES string of the molecule is CCC(N)Cc1cc(Br)ccc1Oc1cc(Br)ccc1Cl. The van der Waals surface area contributed by atoms with Crippen molar-refractivity contribution in [1.82, 2.24) is 0 Å². The molecule has 5 heteroatoms. The molecular formula is C16H16Br2ClNO. The highest BCUT2D eigenvalue weighted by atomic mass is 79.9. The van der Waals surface area contributed by atoms with Crippen LogP contribution in [-0.4, -0.2) is 6.04 Å². The highest BCUT2D eigenvalue weighted by molar-refractivity contribution is 9.10. The maximum absolute atomic E-state index is 6.18. The lowest BCUT2D eigenvalue weighted by molar-refractivity contribution is 0.472. The summed E-state index contributed by atoms with van der Waals surface area (Å²) in [4.78, 5) is 0. The maximum Gasteiger partial charge on any atom is 0.147 e. The molecule has 0 saturated carbocycles. The first kappa shape index (κ1) is 16.8. The summed E-state index contributed by atoms with van der Waals surface area (Å²) in [6.07, 6.45) is 1.68. The van der Waals surface area contributed by atoms with Gasteiger partial charge in [0.15, 0.2) is 0 Å². The molecule has 0 aromatic heterocycles. The molecule has 2 nitrogen and oxygen atoms in total. The van der Waals surface area contributed by atoms with Gasteiger partial charge in [0.25, 0.3) is 0 Å². The van der Waals surface area contributed by atoms with Crippen molar-refractivity contribution in [2.75, 3.05) is 0 Å². The van der Waals surface area contributed by atoms with E-state index < -0.39 is 0 Å². The van der Waals surface area contributed by atoms with Crippen LogP contribution < -0.4 is 10.5 Å². The Balaban J connectivity index is 2.32. The Morgan fingerprint density at radius 1 is 1.10 bits per heavy atom. The summed E-state index contributed by atoms with van der Waals surface area (Å²) >= 11 is 13.1. The van der Waals surface area contributed by atoms with Crippen LogP contribution in [0.4, 0.5) is 0 Å². The van der Waals surface area contributed by atoms with Crippen LogP contribution in [0.1, 0.15) is 18.9 Å². The second-order valence-corrected chi connectivity index (χ2v) is 7.04. The standard InChI is InChI=1S/C16H16Br2ClNO/c1-2-13(20)8-10-7-11(17)4-6-15(10)21-16-9-12(18)3-5-14(16)19/h3-7,9,13H,2,8,20H2,1H3. The summed E-state index contributed by atoms with van der Waals surface area (Å²) in [6.45, 7) is 2.08. The van der Waals surface area contributed by atoms with Crippen molar-refractivity contribution in [3.05, 3.63) is 55.9 Å². The summed E-state index contributed by atoms with van der Waals surface area (Å²) in [5, 5.41) is 0.576. The number of hydrogen-bond donors (Lipinski definition) is 1. The number of halogens is 3. The minimum atomic E-state index is 0.111. The molecule has 21 heavy (non-hydrogen) atoms. The molecule has 2 rings (SSSR count). The fourth-order valence-corrected chi connectivity index (χ4v) is 2.81. The average molecular weight is 434 g/mol. The van der Waals surface area contributed by atoms with E-state index in [2.05, 4.69) is 38.8 Å².